The average Bonchev–Trinajstić information content (AvgIpc) is 2.83. The summed E-state index contributed by atoms with van der Waals surface area (Å²) in [4.78, 5) is 8.37. The highest BCUT2D eigenvalue weighted by atomic mass is 16.5. The summed E-state index contributed by atoms with van der Waals surface area (Å²) < 4.78 is 5.65. The van der Waals surface area contributed by atoms with Crippen LogP contribution in [0.5, 0.6) is 0 Å². The number of hydrogen-bond donors (Lipinski definition) is 1. The topological polar surface area (TPSA) is 47.0 Å². The summed E-state index contributed by atoms with van der Waals surface area (Å²) in [6, 6.07) is 0.576. The molecule has 88 valence electrons. The Hall–Kier alpha value is -1.00. The van der Waals surface area contributed by atoms with Gasteiger partial charge in [0.05, 0.1) is 11.8 Å². The molecular weight excluding hydrogens is 202 g/mol. The molecule has 1 aliphatic heterocycles. The molecule has 1 N–H and O–H groups in total. The molecule has 4 nitrogen and oxygen atoms in total. The quantitative estimate of drug-likeness (QED) is 0.840. The number of rotatable bonds is 4. The molecule has 0 aliphatic carbocycles. The Kier molecular flexibility index (Phi) is 3.85. The number of ether oxygens (including phenoxy) is 1. The van der Waals surface area contributed by atoms with Gasteiger partial charge in [-0.15, -0.1) is 0 Å². The molecule has 2 rings (SSSR count). The third-order valence-corrected chi connectivity index (χ3v) is 3.06. The van der Waals surface area contributed by atoms with Gasteiger partial charge in [0.25, 0.3) is 0 Å². The molecule has 1 saturated heterocycles. The largest absolute Gasteiger partial charge is 0.377 e. The van der Waals surface area contributed by atoms with Gasteiger partial charge in [-0.2, -0.15) is 0 Å². The number of aromatic nitrogens is 2. The van der Waals surface area contributed by atoms with E-state index in [1.165, 1.54) is 6.42 Å². The van der Waals surface area contributed by atoms with E-state index in [1.54, 1.807) is 18.6 Å². The van der Waals surface area contributed by atoms with Crippen LogP contribution < -0.4 is 5.32 Å². The van der Waals surface area contributed by atoms with E-state index < -0.39 is 0 Å². The first-order valence-electron chi connectivity index (χ1n) is 5.91. The van der Waals surface area contributed by atoms with Crippen molar-refractivity contribution >= 4 is 0 Å². The molecule has 1 aliphatic rings. The van der Waals surface area contributed by atoms with Crippen LogP contribution in [0, 0.1) is 0 Å². The van der Waals surface area contributed by atoms with Crippen molar-refractivity contribution in [2.24, 2.45) is 0 Å². The molecule has 3 unspecified atom stereocenters. The summed E-state index contributed by atoms with van der Waals surface area (Å²) in [6.45, 7) is 5.18. The molecule has 2 heterocycles. The van der Waals surface area contributed by atoms with Crippen molar-refractivity contribution in [3.8, 4) is 0 Å². The summed E-state index contributed by atoms with van der Waals surface area (Å²) in [7, 11) is 0. The van der Waals surface area contributed by atoms with Crippen LogP contribution >= 0.6 is 0 Å². The van der Waals surface area contributed by atoms with Crippen molar-refractivity contribution in [2.75, 3.05) is 6.61 Å². The summed E-state index contributed by atoms with van der Waals surface area (Å²) in [5.74, 6) is 0. The van der Waals surface area contributed by atoms with Crippen molar-refractivity contribution in [1.29, 1.82) is 0 Å². The zero-order chi connectivity index (χ0) is 11.4. The number of nitrogens with zero attached hydrogens (tertiary/aromatic N) is 2. The predicted molar refractivity (Wildman–Crippen MR) is 62.0 cm³/mol. The molecule has 0 radical (unpaired) electrons. The molecule has 0 bridgehead atoms. The maximum absolute atomic E-state index is 5.65. The van der Waals surface area contributed by atoms with Crippen molar-refractivity contribution in [3.63, 3.8) is 0 Å². The van der Waals surface area contributed by atoms with Crippen molar-refractivity contribution in [2.45, 2.75) is 44.9 Å². The first kappa shape index (κ1) is 11.5. The molecule has 1 fully saturated rings. The standard InChI is InChI=1S/C12H19N3O/c1-9(11-8-13-5-6-14-11)15-10(2)12-4-3-7-16-12/h5-6,8-10,12,15H,3-4,7H2,1-2H3. The molecule has 0 saturated carbocycles. The maximum Gasteiger partial charge on any atom is 0.0753 e. The van der Waals surface area contributed by atoms with E-state index in [0.717, 1.165) is 18.7 Å². The van der Waals surface area contributed by atoms with Crippen LogP contribution in [0.1, 0.15) is 38.4 Å². The average molecular weight is 221 g/mol. The van der Waals surface area contributed by atoms with E-state index in [9.17, 15) is 0 Å². The van der Waals surface area contributed by atoms with Gasteiger partial charge < -0.3 is 10.1 Å². The summed E-state index contributed by atoms with van der Waals surface area (Å²) in [5.41, 5.74) is 0.979. The van der Waals surface area contributed by atoms with Gasteiger partial charge in [-0.3, -0.25) is 9.97 Å². The Morgan fingerprint density at radius 3 is 2.94 bits per heavy atom. The smallest absolute Gasteiger partial charge is 0.0753 e. The first-order valence-corrected chi connectivity index (χ1v) is 5.91. The second-order valence-electron chi connectivity index (χ2n) is 4.36. The van der Waals surface area contributed by atoms with Crippen molar-refractivity contribution in [1.82, 2.24) is 15.3 Å². The van der Waals surface area contributed by atoms with Crippen LogP contribution in [0.25, 0.3) is 0 Å². The van der Waals surface area contributed by atoms with Crippen molar-refractivity contribution < 1.29 is 4.74 Å². The Morgan fingerprint density at radius 1 is 1.44 bits per heavy atom. The normalized spacial score (nSPS) is 24.2. The van der Waals surface area contributed by atoms with Gasteiger partial charge in [0.1, 0.15) is 0 Å². The van der Waals surface area contributed by atoms with E-state index in [1.807, 2.05) is 0 Å². The van der Waals surface area contributed by atoms with Crippen LogP contribution in [-0.2, 0) is 4.74 Å². The predicted octanol–water partition coefficient (Wildman–Crippen LogP) is 1.69. The lowest BCUT2D eigenvalue weighted by atomic mass is 10.1. The van der Waals surface area contributed by atoms with E-state index in [2.05, 4.69) is 29.1 Å². The summed E-state index contributed by atoms with van der Waals surface area (Å²) in [5, 5.41) is 3.51. The van der Waals surface area contributed by atoms with Gasteiger partial charge in [-0.1, -0.05) is 0 Å². The fourth-order valence-electron chi connectivity index (χ4n) is 2.12. The van der Waals surface area contributed by atoms with Gasteiger partial charge in [0, 0.05) is 37.3 Å². The lowest BCUT2D eigenvalue weighted by molar-refractivity contribution is 0.0802. The molecule has 16 heavy (non-hydrogen) atoms. The number of hydrogen-bond acceptors (Lipinski definition) is 4. The molecule has 0 spiro atoms. The number of nitrogens with one attached hydrogen (secondary N) is 1. The lowest BCUT2D eigenvalue weighted by Crippen LogP contribution is -2.38. The molecule has 1 aromatic heterocycles. The zero-order valence-electron chi connectivity index (χ0n) is 9.89. The van der Waals surface area contributed by atoms with Gasteiger partial charge >= 0.3 is 0 Å². The molecule has 3 atom stereocenters. The van der Waals surface area contributed by atoms with Crippen LogP contribution in [0.3, 0.4) is 0 Å². The second-order valence-corrected chi connectivity index (χ2v) is 4.36. The van der Waals surface area contributed by atoms with Gasteiger partial charge in [-0.25, -0.2) is 0 Å². The molecule has 0 aromatic carbocycles. The monoisotopic (exact) mass is 221 g/mol. The van der Waals surface area contributed by atoms with E-state index in [4.69, 9.17) is 4.74 Å². The highest BCUT2D eigenvalue weighted by Crippen LogP contribution is 2.18. The van der Waals surface area contributed by atoms with Gasteiger partial charge in [0.15, 0.2) is 0 Å². The Balaban J connectivity index is 1.89. The third kappa shape index (κ3) is 2.77. The van der Waals surface area contributed by atoms with Crippen LogP contribution in [0.2, 0.25) is 0 Å². The molecule has 4 heteroatoms. The van der Waals surface area contributed by atoms with Crippen LogP contribution in [-0.4, -0.2) is 28.7 Å². The minimum atomic E-state index is 0.216. The van der Waals surface area contributed by atoms with E-state index >= 15 is 0 Å². The minimum absolute atomic E-state index is 0.216. The van der Waals surface area contributed by atoms with Gasteiger partial charge in [-0.05, 0) is 26.7 Å². The molecular formula is C12H19N3O. The molecule has 1 aromatic rings. The highest BCUT2D eigenvalue weighted by molar-refractivity contribution is 5.01. The fraction of sp³-hybridized carbons (Fsp3) is 0.667. The first-order chi connectivity index (χ1) is 7.77. The second kappa shape index (κ2) is 5.37. The Bertz CT molecular complexity index is 311. The van der Waals surface area contributed by atoms with Crippen LogP contribution in [0.15, 0.2) is 18.6 Å². The van der Waals surface area contributed by atoms with Crippen molar-refractivity contribution in [3.05, 3.63) is 24.3 Å². The SMILES string of the molecule is CC(NC(C)C1CCCO1)c1cnccn1. The summed E-state index contributed by atoms with van der Waals surface area (Å²) in [6.07, 6.45) is 7.90. The lowest BCUT2D eigenvalue weighted by Gasteiger charge is -2.23. The Labute approximate surface area is 96.4 Å². The van der Waals surface area contributed by atoms with E-state index in [0.29, 0.717) is 12.1 Å². The molecule has 0 amide bonds. The van der Waals surface area contributed by atoms with Crippen LogP contribution in [0.4, 0.5) is 0 Å². The fourth-order valence-corrected chi connectivity index (χ4v) is 2.12. The zero-order valence-corrected chi connectivity index (χ0v) is 9.89. The van der Waals surface area contributed by atoms with Gasteiger partial charge in [0.2, 0.25) is 0 Å². The maximum atomic E-state index is 5.65. The third-order valence-electron chi connectivity index (χ3n) is 3.06. The Morgan fingerprint density at radius 2 is 2.31 bits per heavy atom. The minimum Gasteiger partial charge on any atom is -0.377 e. The highest BCUT2D eigenvalue weighted by Gasteiger charge is 2.23. The van der Waals surface area contributed by atoms with E-state index in [-0.39, 0.29) is 6.04 Å². The summed E-state index contributed by atoms with van der Waals surface area (Å²) >= 11 is 0.